The first-order valence-electron chi connectivity index (χ1n) is 8.21. The predicted octanol–water partition coefficient (Wildman–Crippen LogP) is 4.62. The molecule has 0 bridgehead atoms. The Balaban J connectivity index is 0.00000123. The van der Waals surface area contributed by atoms with Crippen molar-refractivity contribution in [2.75, 3.05) is 12.8 Å². The van der Waals surface area contributed by atoms with E-state index in [0.717, 1.165) is 33.5 Å². The lowest BCUT2D eigenvalue weighted by molar-refractivity contribution is -0.111. The summed E-state index contributed by atoms with van der Waals surface area (Å²) in [6.07, 6.45) is 1.93. The van der Waals surface area contributed by atoms with Gasteiger partial charge in [-0.25, -0.2) is 0 Å². The van der Waals surface area contributed by atoms with Crippen LogP contribution in [0.25, 0.3) is 11.6 Å². The molecule has 0 aliphatic heterocycles. The zero-order valence-electron chi connectivity index (χ0n) is 15.7. The highest BCUT2D eigenvalue weighted by Crippen LogP contribution is 2.23. The van der Waals surface area contributed by atoms with E-state index in [1.807, 2.05) is 76.2 Å². The third-order valence-corrected chi connectivity index (χ3v) is 3.42. The van der Waals surface area contributed by atoms with Crippen molar-refractivity contribution in [3.05, 3.63) is 64.7 Å². The van der Waals surface area contributed by atoms with Gasteiger partial charge < -0.3 is 11.5 Å². The first-order chi connectivity index (χ1) is 11.5. The molecule has 0 heterocycles. The summed E-state index contributed by atoms with van der Waals surface area (Å²) in [4.78, 5) is 12.0. The van der Waals surface area contributed by atoms with Crippen molar-refractivity contribution in [3.63, 3.8) is 0 Å². The van der Waals surface area contributed by atoms with E-state index < -0.39 is 0 Å². The summed E-state index contributed by atoms with van der Waals surface area (Å²) < 4.78 is 0. The minimum Gasteiger partial charge on any atom is -0.399 e. The Hall–Kier alpha value is -2.39. The average Bonchev–Trinajstić information content (AvgIpc) is 2.60. The van der Waals surface area contributed by atoms with Gasteiger partial charge in [-0.05, 0) is 68.3 Å². The Morgan fingerprint density at radius 3 is 2.04 bits per heavy atom. The summed E-state index contributed by atoms with van der Waals surface area (Å²) in [5.41, 5.74) is 15.9. The van der Waals surface area contributed by atoms with Crippen LogP contribution in [0.1, 0.15) is 43.0 Å². The average molecular weight is 326 g/mol. The summed E-state index contributed by atoms with van der Waals surface area (Å²) in [6, 6.07) is 13.7. The van der Waals surface area contributed by atoms with Crippen molar-refractivity contribution >= 4 is 23.1 Å². The number of rotatable bonds is 3. The van der Waals surface area contributed by atoms with Crippen molar-refractivity contribution < 1.29 is 4.79 Å². The van der Waals surface area contributed by atoms with Gasteiger partial charge in [0.05, 0.1) is 0 Å². The van der Waals surface area contributed by atoms with Crippen molar-refractivity contribution in [1.82, 2.24) is 0 Å². The molecule has 24 heavy (non-hydrogen) atoms. The van der Waals surface area contributed by atoms with Gasteiger partial charge in [0, 0.05) is 11.3 Å². The maximum Gasteiger partial charge on any atom is 0.160 e. The second kappa shape index (κ2) is 11.2. The summed E-state index contributed by atoms with van der Waals surface area (Å²) in [6.45, 7) is 9.58. The highest BCUT2D eigenvalue weighted by molar-refractivity contribution is 6.24. The molecule has 0 aliphatic rings. The summed E-state index contributed by atoms with van der Waals surface area (Å²) in [7, 11) is 1.50. The van der Waals surface area contributed by atoms with Gasteiger partial charge in [-0.3, -0.25) is 4.79 Å². The Morgan fingerprint density at radius 1 is 0.958 bits per heavy atom. The fourth-order valence-electron chi connectivity index (χ4n) is 2.20. The fraction of sp³-hybridized carbons (Fsp3) is 0.286. The molecular formula is C21H30N2O. The Morgan fingerprint density at radius 2 is 1.54 bits per heavy atom. The zero-order valence-corrected chi connectivity index (χ0v) is 15.7. The van der Waals surface area contributed by atoms with Crippen LogP contribution in [-0.2, 0) is 4.79 Å². The SMILES string of the molecule is CC.CC(=O)/C(=C/c1ccc(N)c(C)c1)c1ccccc1C.CN. The molecule has 0 saturated carbocycles. The lowest BCUT2D eigenvalue weighted by atomic mass is 9.95. The lowest BCUT2D eigenvalue weighted by Gasteiger charge is -2.09. The van der Waals surface area contributed by atoms with Crippen LogP contribution in [0.15, 0.2) is 42.5 Å². The molecule has 2 aromatic carbocycles. The van der Waals surface area contributed by atoms with Gasteiger partial charge in [0.25, 0.3) is 0 Å². The van der Waals surface area contributed by atoms with Gasteiger partial charge in [-0.15, -0.1) is 0 Å². The predicted molar refractivity (Wildman–Crippen MR) is 107 cm³/mol. The van der Waals surface area contributed by atoms with Crippen LogP contribution in [-0.4, -0.2) is 12.8 Å². The molecule has 0 saturated heterocycles. The highest BCUT2D eigenvalue weighted by Gasteiger charge is 2.09. The van der Waals surface area contributed by atoms with E-state index in [-0.39, 0.29) is 5.78 Å². The first-order valence-corrected chi connectivity index (χ1v) is 8.21. The minimum atomic E-state index is 0.0637. The number of hydrogen-bond acceptors (Lipinski definition) is 3. The summed E-state index contributed by atoms with van der Waals surface area (Å²) in [5, 5.41) is 0. The molecule has 0 amide bonds. The third-order valence-electron chi connectivity index (χ3n) is 3.42. The van der Waals surface area contributed by atoms with Gasteiger partial charge in [-0.2, -0.15) is 0 Å². The van der Waals surface area contributed by atoms with Gasteiger partial charge >= 0.3 is 0 Å². The van der Waals surface area contributed by atoms with Gasteiger partial charge in [-0.1, -0.05) is 44.2 Å². The van der Waals surface area contributed by atoms with Crippen molar-refractivity contribution in [2.45, 2.75) is 34.6 Å². The smallest absolute Gasteiger partial charge is 0.160 e. The second-order valence-corrected chi connectivity index (χ2v) is 5.05. The maximum absolute atomic E-state index is 12.0. The quantitative estimate of drug-likeness (QED) is 0.491. The number of benzene rings is 2. The normalized spacial score (nSPS) is 10.0. The van der Waals surface area contributed by atoms with E-state index in [1.54, 1.807) is 6.92 Å². The van der Waals surface area contributed by atoms with Crippen LogP contribution in [0.3, 0.4) is 0 Å². The number of Topliss-reactive ketones (excluding diaryl/α,β-unsaturated/α-hetero) is 1. The van der Waals surface area contributed by atoms with Crippen molar-refractivity contribution in [1.29, 1.82) is 0 Å². The van der Waals surface area contributed by atoms with E-state index in [2.05, 4.69) is 5.73 Å². The number of carbonyl (C=O) groups excluding carboxylic acids is 1. The molecule has 0 fully saturated rings. The molecule has 0 radical (unpaired) electrons. The Bertz CT molecular complexity index is 688. The minimum absolute atomic E-state index is 0.0637. The highest BCUT2D eigenvalue weighted by atomic mass is 16.1. The molecule has 0 atom stereocenters. The molecule has 2 rings (SSSR count). The molecule has 130 valence electrons. The molecule has 0 spiro atoms. The number of ketones is 1. The van der Waals surface area contributed by atoms with Crippen LogP contribution < -0.4 is 11.5 Å². The van der Waals surface area contributed by atoms with Crippen LogP contribution in [0, 0.1) is 13.8 Å². The summed E-state index contributed by atoms with van der Waals surface area (Å²) >= 11 is 0. The van der Waals surface area contributed by atoms with Crippen LogP contribution in [0.4, 0.5) is 5.69 Å². The molecule has 2 aromatic rings. The maximum atomic E-state index is 12.0. The molecule has 0 aromatic heterocycles. The van der Waals surface area contributed by atoms with E-state index in [9.17, 15) is 4.79 Å². The van der Waals surface area contributed by atoms with E-state index in [1.165, 1.54) is 7.05 Å². The first kappa shape index (κ1) is 21.6. The van der Waals surface area contributed by atoms with Gasteiger partial charge in [0.15, 0.2) is 5.78 Å². The third kappa shape index (κ3) is 6.01. The standard InChI is InChI=1S/C18H19NO.C2H6.CH5N/c1-12-6-4-5-7-16(12)17(14(3)20)11-15-8-9-18(19)13(2)10-15;2*1-2/h4-11H,19H2,1-3H3;1-2H3;2H2,1H3/b17-11-;;. The number of nitrogen functional groups attached to an aromatic ring is 1. The lowest BCUT2D eigenvalue weighted by Crippen LogP contribution is -1.98. The molecule has 3 heteroatoms. The number of hydrogen-bond donors (Lipinski definition) is 2. The van der Waals surface area contributed by atoms with Crippen LogP contribution in [0.5, 0.6) is 0 Å². The topological polar surface area (TPSA) is 69.1 Å². The monoisotopic (exact) mass is 326 g/mol. The van der Waals surface area contributed by atoms with E-state index in [4.69, 9.17) is 5.73 Å². The second-order valence-electron chi connectivity index (χ2n) is 5.05. The van der Waals surface area contributed by atoms with Crippen LogP contribution in [0.2, 0.25) is 0 Å². The molecule has 0 aliphatic carbocycles. The molecule has 3 nitrogen and oxygen atoms in total. The number of allylic oxidation sites excluding steroid dienone is 1. The fourth-order valence-corrected chi connectivity index (χ4v) is 2.20. The number of aryl methyl sites for hydroxylation is 2. The number of nitrogens with two attached hydrogens (primary N) is 2. The van der Waals surface area contributed by atoms with Gasteiger partial charge in [0.1, 0.15) is 0 Å². The largest absolute Gasteiger partial charge is 0.399 e. The number of carbonyl (C=O) groups is 1. The van der Waals surface area contributed by atoms with E-state index in [0.29, 0.717) is 0 Å². The van der Waals surface area contributed by atoms with E-state index >= 15 is 0 Å². The zero-order chi connectivity index (χ0) is 18.7. The van der Waals surface area contributed by atoms with Gasteiger partial charge in [0.2, 0.25) is 0 Å². The van der Waals surface area contributed by atoms with Crippen LogP contribution >= 0.6 is 0 Å². The Labute approximate surface area is 146 Å². The number of anilines is 1. The molecule has 0 unspecified atom stereocenters. The molecular weight excluding hydrogens is 296 g/mol. The Kier molecular flexibility index (Phi) is 10.1. The van der Waals surface area contributed by atoms with Crippen molar-refractivity contribution in [3.8, 4) is 0 Å². The van der Waals surface area contributed by atoms with Crippen molar-refractivity contribution in [2.24, 2.45) is 5.73 Å². The molecule has 4 N–H and O–H groups in total. The summed E-state index contributed by atoms with van der Waals surface area (Å²) in [5.74, 6) is 0.0637.